The van der Waals surface area contributed by atoms with Gasteiger partial charge in [-0.25, -0.2) is 13.2 Å². The Morgan fingerprint density at radius 1 is 1.04 bits per heavy atom. The fraction of sp³-hybridized carbons (Fsp3) is 0.774. The molecule has 1 aliphatic heterocycles. The van der Waals surface area contributed by atoms with Gasteiger partial charge >= 0.3 is 12.2 Å². The van der Waals surface area contributed by atoms with Crippen LogP contribution < -0.4 is 27.0 Å². The zero-order valence-corrected chi connectivity index (χ0v) is 29.0. The lowest BCUT2D eigenvalue weighted by molar-refractivity contribution is -0.148. The molecule has 2 fully saturated rings. The van der Waals surface area contributed by atoms with Crippen LogP contribution in [-0.2, 0) is 29.0 Å². The predicted molar refractivity (Wildman–Crippen MR) is 173 cm³/mol. The van der Waals surface area contributed by atoms with Gasteiger partial charge in [-0.2, -0.15) is 13.2 Å². The van der Waals surface area contributed by atoms with E-state index >= 15 is 0 Å². The summed E-state index contributed by atoms with van der Waals surface area (Å²) in [6.07, 6.45) is -3.20. The molecule has 274 valence electrons. The van der Waals surface area contributed by atoms with Crippen LogP contribution in [0.5, 0.6) is 0 Å². The summed E-state index contributed by atoms with van der Waals surface area (Å²) in [5, 5.41) is 9.11. The highest BCUT2D eigenvalue weighted by Gasteiger charge is 2.50. The van der Waals surface area contributed by atoms with E-state index < -0.39 is 92.8 Å². The van der Waals surface area contributed by atoms with Crippen LogP contribution in [0.25, 0.3) is 0 Å². The lowest BCUT2D eigenvalue weighted by Gasteiger charge is -2.43. The van der Waals surface area contributed by atoms with E-state index in [1.807, 2.05) is 0 Å². The normalized spacial score (nSPS) is 20.8. The van der Waals surface area contributed by atoms with Crippen LogP contribution in [0.1, 0.15) is 91.9 Å². The maximum absolute atomic E-state index is 14.0. The van der Waals surface area contributed by atoms with E-state index in [0.717, 1.165) is 24.2 Å². The second-order valence-corrected chi connectivity index (χ2v) is 16.0. The highest BCUT2D eigenvalue weighted by molar-refractivity contribution is 7.92. The molecule has 1 aliphatic carbocycles. The molecule has 17 heteroatoms. The summed E-state index contributed by atoms with van der Waals surface area (Å²) in [5.74, 6) is -4.49. The third kappa shape index (κ3) is 11.2. The Balaban J connectivity index is 2.31. The van der Waals surface area contributed by atoms with Crippen molar-refractivity contribution in [3.8, 4) is 0 Å². The summed E-state index contributed by atoms with van der Waals surface area (Å²) in [6.45, 7) is 9.81. The number of hydrogen-bond donors (Lipinski definition) is 5. The molecule has 1 saturated heterocycles. The molecular formula is C31H51F3N6O7S. The minimum absolute atomic E-state index is 0.0416. The Labute approximate surface area is 280 Å². The molecule has 0 bridgehead atoms. The van der Waals surface area contributed by atoms with Crippen LogP contribution in [0.15, 0.2) is 12.7 Å². The number of Topliss-reactive ketones (excluding diaryl/α,β-unsaturated/α-hetero) is 1. The van der Waals surface area contributed by atoms with Crippen molar-refractivity contribution in [3.63, 3.8) is 0 Å². The van der Waals surface area contributed by atoms with Gasteiger partial charge in [0.1, 0.15) is 6.04 Å². The molecule has 2 rings (SSSR count). The summed E-state index contributed by atoms with van der Waals surface area (Å²) < 4.78 is 65.0. The van der Waals surface area contributed by atoms with Crippen molar-refractivity contribution in [3.05, 3.63) is 12.7 Å². The molecule has 5 amide bonds. The molecule has 0 aromatic carbocycles. The predicted octanol–water partition coefficient (Wildman–Crippen LogP) is 2.20. The van der Waals surface area contributed by atoms with Gasteiger partial charge in [0.05, 0.1) is 22.6 Å². The average molecular weight is 709 g/mol. The smallest absolute Gasteiger partial charge is 0.346 e. The second-order valence-electron chi connectivity index (χ2n) is 13.7. The lowest BCUT2D eigenvalue weighted by atomic mass is 9.78. The fourth-order valence-corrected chi connectivity index (χ4v) is 8.70. The van der Waals surface area contributed by atoms with Gasteiger partial charge in [0.2, 0.25) is 11.7 Å². The van der Waals surface area contributed by atoms with Crippen LogP contribution in [0.2, 0.25) is 0 Å². The summed E-state index contributed by atoms with van der Waals surface area (Å²) >= 11 is 0. The molecule has 48 heavy (non-hydrogen) atoms. The van der Waals surface area contributed by atoms with Crippen LogP contribution in [0.3, 0.4) is 0 Å². The summed E-state index contributed by atoms with van der Waals surface area (Å²) in [4.78, 5) is 66.8. The first-order chi connectivity index (χ1) is 22.2. The van der Waals surface area contributed by atoms with Crippen LogP contribution >= 0.6 is 0 Å². The molecule has 0 aromatic rings. The van der Waals surface area contributed by atoms with Crippen molar-refractivity contribution in [1.29, 1.82) is 0 Å². The molecule has 13 nitrogen and oxygen atoms in total. The van der Waals surface area contributed by atoms with Crippen LogP contribution in [0, 0.1) is 5.41 Å². The van der Waals surface area contributed by atoms with E-state index in [4.69, 9.17) is 5.73 Å². The number of nitrogens with two attached hydrogens (primary N) is 1. The highest BCUT2D eigenvalue weighted by Crippen LogP contribution is 2.39. The molecular weight excluding hydrogens is 657 g/mol. The second kappa shape index (κ2) is 16.9. The van der Waals surface area contributed by atoms with E-state index in [0.29, 0.717) is 32.1 Å². The standard InChI is InChI=1S/C31H51F3N6O7S/c1-6-17-36-25(42)22(41)20(13-16-31(32,33)34)37-26(43)24(35)40(18-7-2)27(44)23(29(3,4)5)38-28(45)39-30(14-9-8-10-15-30)21-12-11-19-48(21,46)47/h6,20-21,23-24H,1,7-19,35H2,2-5H3,(H,36,42)(H,37,43)(H2,38,39,45)/t20?,21?,23-,24?/m1/s1. The fourth-order valence-electron chi connectivity index (χ4n) is 6.34. The zero-order valence-electron chi connectivity index (χ0n) is 28.2. The Kier molecular flexibility index (Phi) is 14.5. The topological polar surface area (TPSA) is 197 Å². The summed E-state index contributed by atoms with van der Waals surface area (Å²) in [5.41, 5.74) is 4.23. The largest absolute Gasteiger partial charge is 0.389 e. The van der Waals surface area contributed by atoms with E-state index in [2.05, 4.69) is 27.8 Å². The number of sulfone groups is 1. The van der Waals surface area contributed by atoms with Crippen LogP contribution in [0.4, 0.5) is 18.0 Å². The van der Waals surface area contributed by atoms with Crippen molar-refractivity contribution in [2.75, 3.05) is 18.8 Å². The summed E-state index contributed by atoms with van der Waals surface area (Å²) in [7, 11) is -3.44. The number of carbonyl (C=O) groups excluding carboxylic acids is 5. The quantitative estimate of drug-likeness (QED) is 0.0970. The Morgan fingerprint density at radius 3 is 2.17 bits per heavy atom. The van der Waals surface area contributed by atoms with Gasteiger partial charge in [-0.15, -0.1) is 6.58 Å². The number of amides is 5. The molecule has 3 unspecified atom stereocenters. The maximum Gasteiger partial charge on any atom is 0.389 e. The highest BCUT2D eigenvalue weighted by atomic mass is 32.2. The number of carbonyl (C=O) groups is 5. The van der Waals surface area contributed by atoms with Gasteiger partial charge in [0, 0.05) is 19.5 Å². The van der Waals surface area contributed by atoms with Gasteiger partial charge in [-0.05, 0) is 43.9 Å². The third-order valence-corrected chi connectivity index (χ3v) is 11.2. The molecule has 4 atom stereocenters. The van der Waals surface area contributed by atoms with E-state index in [1.54, 1.807) is 27.7 Å². The van der Waals surface area contributed by atoms with Gasteiger partial charge in [0.25, 0.3) is 11.8 Å². The number of ketones is 1. The van der Waals surface area contributed by atoms with Gasteiger partial charge in [-0.1, -0.05) is 53.0 Å². The molecule has 6 N–H and O–H groups in total. The van der Waals surface area contributed by atoms with Gasteiger partial charge in [-0.3, -0.25) is 19.2 Å². The first-order valence-corrected chi connectivity index (χ1v) is 18.1. The molecule has 0 spiro atoms. The number of nitrogens with zero attached hydrogens (tertiary/aromatic N) is 1. The first-order valence-electron chi connectivity index (χ1n) is 16.4. The molecule has 0 aromatic heterocycles. The number of alkyl halides is 3. The minimum Gasteiger partial charge on any atom is -0.346 e. The van der Waals surface area contributed by atoms with Crippen molar-refractivity contribution in [2.24, 2.45) is 11.1 Å². The third-order valence-electron chi connectivity index (χ3n) is 8.77. The molecule has 2 aliphatic rings. The lowest BCUT2D eigenvalue weighted by Crippen LogP contribution is -2.66. The molecule has 1 heterocycles. The number of urea groups is 1. The SMILES string of the molecule is C=CCNC(=O)C(=O)C(CCC(F)(F)F)NC(=O)C(N)N(CCC)C(=O)[C@@H](NC(=O)NC1(C2CCCS2(=O)=O)CCCCC1)C(C)(C)C. The number of nitrogens with one attached hydrogen (secondary N) is 4. The van der Waals surface area contributed by atoms with Crippen molar-refractivity contribution >= 4 is 39.4 Å². The van der Waals surface area contributed by atoms with E-state index in [9.17, 15) is 45.6 Å². The average Bonchev–Trinajstić information content (AvgIpc) is 3.37. The Morgan fingerprint density at radius 2 is 1.67 bits per heavy atom. The monoisotopic (exact) mass is 708 g/mol. The van der Waals surface area contributed by atoms with Crippen molar-refractivity contribution in [1.82, 2.24) is 26.2 Å². The Bertz CT molecular complexity index is 1300. The molecule has 0 radical (unpaired) electrons. The van der Waals surface area contributed by atoms with Gasteiger partial charge < -0.3 is 31.9 Å². The summed E-state index contributed by atoms with van der Waals surface area (Å²) in [6, 6.07) is -3.93. The van der Waals surface area contributed by atoms with Crippen LogP contribution in [-0.4, -0.2) is 96.9 Å². The zero-order chi connectivity index (χ0) is 36.5. The maximum atomic E-state index is 14.0. The van der Waals surface area contributed by atoms with Gasteiger partial charge in [0.15, 0.2) is 16.0 Å². The van der Waals surface area contributed by atoms with Crippen molar-refractivity contribution < 1.29 is 45.6 Å². The van der Waals surface area contributed by atoms with Crippen molar-refractivity contribution in [2.45, 2.75) is 127 Å². The Hall–Kier alpha value is -3.21. The van der Waals surface area contributed by atoms with E-state index in [-0.39, 0.29) is 18.8 Å². The minimum atomic E-state index is -4.70. The number of hydrogen-bond acceptors (Lipinski definition) is 8. The van der Waals surface area contributed by atoms with E-state index in [1.165, 1.54) is 6.08 Å². The number of halogens is 3. The first kappa shape index (κ1) is 41.0. The molecule has 1 saturated carbocycles. The number of rotatable bonds is 15.